The molecule has 0 amide bonds. The second kappa shape index (κ2) is 16.1. The topological polar surface area (TPSA) is 305 Å². The van der Waals surface area contributed by atoms with Crippen molar-refractivity contribution in [3.05, 3.63) is 58.7 Å². The molecule has 20 nitrogen and oxygen atoms in total. The minimum atomic E-state index is -3.08. The average Bonchev–Trinajstić information content (AvgIpc) is 3.24. The lowest BCUT2D eigenvalue weighted by molar-refractivity contribution is -0.272. The number of hydrogen-bond acceptors (Lipinski definition) is 21. The summed E-state index contributed by atoms with van der Waals surface area (Å²) in [7, 11) is 3.16. The maximum Gasteiger partial charge on any atom is 0.337 e. The van der Waals surface area contributed by atoms with Crippen molar-refractivity contribution >= 4 is 52.8 Å². The Kier molecular flexibility index (Phi) is 11.7. The van der Waals surface area contributed by atoms with E-state index in [-0.39, 0.29) is 11.8 Å². The van der Waals surface area contributed by atoms with Gasteiger partial charge in [0.1, 0.15) is 39.3 Å². The predicted octanol–water partition coefficient (Wildman–Crippen LogP) is -0.636. The van der Waals surface area contributed by atoms with E-state index in [1.165, 1.54) is 38.1 Å². The van der Waals surface area contributed by atoms with Crippen molar-refractivity contribution in [3.63, 3.8) is 0 Å². The number of methoxy groups -OCH3 is 3. The fourth-order valence-electron chi connectivity index (χ4n) is 9.37. The third kappa shape index (κ3) is 6.39. The van der Waals surface area contributed by atoms with Crippen molar-refractivity contribution in [1.29, 1.82) is 0 Å². The Morgan fingerprint density at radius 3 is 1.66 bits per heavy atom. The van der Waals surface area contributed by atoms with Crippen LogP contribution in [0.15, 0.2) is 36.4 Å². The van der Waals surface area contributed by atoms with Crippen LogP contribution in [0.1, 0.15) is 81.0 Å². The fourth-order valence-corrected chi connectivity index (χ4v) is 11.7. The number of benzene rings is 2. The maximum absolute atomic E-state index is 15.7. The Balaban J connectivity index is 1.45. The number of thioether (sulfide) groups is 1. The number of aliphatic hydroxyl groups excluding tert-OH is 3. The number of carbonyl (C=O) groups is 7. The molecule has 3 saturated heterocycles. The smallest absolute Gasteiger partial charge is 0.337 e. The number of aliphatic hydroxyl groups is 5. The van der Waals surface area contributed by atoms with Gasteiger partial charge in [-0.2, -0.15) is 0 Å². The quantitative estimate of drug-likeness (QED) is 0.135. The van der Waals surface area contributed by atoms with Gasteiger partial charge in [0.2, 0.25) is 17.9 Å². The molecule has 0 saturated carbocycles. The monoisotopic (exact) mass is 888 g/mol. The van der Waals surface area contributed by atoms with Crippen LogP contribution in [0.5, 0.6) is 11.5 Å². The van der Waals surface area contributed by atoms with Crippen molar-refractivity contribution in [2.75, 3.05) is 21.3 Å². The van der Waals surface area contributed by atoms with Gasteiger partial charge < -0.3 is 63.8 Å². The number of ether oxygens (including phenoxy) is 7. The highest BCUT2D eigenvalue weighted by molar-refractivity contribution is 8.03. The Morgan fingerprint density at radius 1 is 0.677 bits per heavy atom. The molecule has 6 N–H and O–H groups in total. The SMILES string of the molecule is COC(=O)CC1CC2(SC34CC(CC(=O)OC)OC(C)C3(O)C(=O)c3c(OC5OC(C(=O)OC)C(O)C(O)C5O)cccc3C4=O)C(=O)c3cccc(O)c3C(=O)C2(O)C(C)O1. The van der Waals surface area contributed by atoms with Gasteiger partial charge in [-0.25, -0.2) is 4.79 Å². The standard InChI is InChI=1S/C41H44O20S/c1-16-40(53)34(50)26-20(8-6-10-22(26)42)32(48)38(40,14-18(58-16)12-24(43)55-3)62-39-15-19(13-25(44)56-4)59-17(2)41(39,54)35(51)27-21(33(39)49)9-7-11-23(27)60-37-30(47)28(45)29(46)31(61-37)36(52)57-5/h6-11,16-19,28-31,37,42,45-47,53-54H,12-15H2,1-5H3. The summed E-state index contributed by atoms with van der Waals surface area (Å²) in [5.41, 5.74) is -8.10. The van der Waals surface area contributed by atoms with E-state index in [9.17, 15) is 49.8 Å². The third-order valence-corrected chi connectivity index (χ3v) is 14.5. The molecule has 0 spiro atoms. The van der Waals surface area contributed by atoms with Crippen LogP contribution in [0.3, 0.4) is 0 Å². The number of aromatic hydroxyl groups is 1. The summed E-state index contributed by atoms with van der Waals surface area (Å²) < 4.78 is 32.4. The zero-order valence-corrected chi connectivity index (χ0v) is 34.6. The van der Waals surface area contributed by atoms with Crippen LogP contribution >= 0.6 is 11.8 Å². The van der Waals surface area contributed by atoms with E-state index in [0.29, 0.717) is 0 Å². The van der Waals surface area contributed by atoms with Gasteiger partial charge in [0.25, 0.3) is 0 Å². The van der Waals surface area contributed by atoms with Crippen LogP contribution in [-0.4, -0.2) is 169 Å². The van der Waals surface area contributed by atoms with Crippen molar-refractivity contribution < 1.29 is 97.4 Å². The number of hydrogen-bond donors (Lipinski definition) is 6. The van der Waals surface area contributed by atoms with E-state index in [1.807, 2.05) is 0 Å². The van der Waals surface area contributed by atoms with Crippen molar-refractivity contribution in [1.82, 2.24) is 0 Å². The van der Waals surface area contributed by atoms with E-state index in [1.54, 1.807) is 0 Å². The van der Waals surface area contributed by atoms with Gasteiger partial charge in [-0.15, -0.1) is 11.8 Å². The number of fused-ring (bicyclic) bond motifs is 4. The zero-order chi connectivity index (χ0) is 45.4. The lowest BCUT2D eigenvalue weighted by Gasteiger charge is -2.61. The van der Waals surface area contributed by atoms with Crippen molar-refractivity contribution in [2.45, 2.75) is 115 Å². The van der Waals surface area contributed by atoms with Gasteiger partial charge in [0, 0.05) is 11.1 Å². The molecule has 2 aromatic rings. The first-order chi connectivity index (χ1) is 29.2. The van der Waals surface area contributed by atoms with E-state index in [0.717, 1.165) is 33.5 Å². The molecule has 3 heterocycles. The van der Waals surface area contributed by atoms with E-state index in [2.05, 4.69) is 4.74 Å². The van der Waals surface area contributed by atoms with E-state index < -0.39 is 176 Å². The number of esters is 3. The molecular formula is C41H44O20S. The van der Waals surface area contributed by atoms with Crippen molar-refractivity contribution in [3.8, 4) is 11.5 Å². The first-order valence-corrected chi connectivity index (χ1v) is 20.2. The lowest BCUT2D eigenvalue weighted by atomic mass is 9.63. The summed E-state index contributed by atoms with van der Waals surface area (Å²) in [5.74, 6) is -8.62. The number of phenols is 1. The highest BCUT2D eigenvalue weighted by atomic mass is 32.2. The Morgan fingerprint density at radius 2 is 1.16 bits per heavy atom. The summed E-state index contributed by atoms with van der Waals surface area (Å²) in [6.45, 7) is 2.45. The van der Waals surface area contributed by atoms with E-state index >= 15 is 14.4 Å². The first-order valence-electron chi connectivity index (χ1n) is 19.4. The highest BCUT2D eigenvalue weighted by Crippen LogP contribution is 2.64. The van der Waals surface area contributed by atoms with Crippen LogP contribution < -0.4 is 4.74 Å². The molecule has 3 aliphatic heterocycles. The van der Waals surface area contributed by atoms with Crippen LogP contribution in [0.25, 0.3) is 0 Å². The molecule has 2 aromatic carbocycles. The van der Waals surface area contributed by atoms with Gasteiger partial charge in [0.15, 0.2) is 28.9 Å². The van der Waals surface area contributed by atoms with Crippen molar-refractivity contribution in [2.24, 2.45) is 0 Å². The Hall–Kier alpha value is -4.84. The summed E-state index contributed by atoms with van der Waals surface area (Å²) in [4.78, 5) is 98.9. The van der Waals surface area contributed by atoms with Gasteiger partial charge in [0.05, 0.1) is 69.7 Å². The molecule has 21 heteroatoms. The van der Waals surface area contributed by atoms with E-state index in [4.69, 9.17) is 28.4 Å². The normalized spacial score (nSPS) is 37.5. The minimum Gasteiger partial charge on any atom is -0.507 e. The Labute approximate surface area is 356 Å². The molecule has 7 rings (SSSR count). The van der Waals surface area contributed by atoms with Gasteiger partial charge in [-0.05, 0) is 38.8 Å². The third-order valence-electron chi connectivity index (χ3n) is 12.5. The fraction of sp³-hybridized carbons (Fsp3) is 0.537. The van der Waals surface area contributed by atoms with Gasteiger partial charge >= 0.3 is 17.9 Å². The van der Waals surface area contributed by atoms with Crippen LogP contribution in [0, 0.1) is 0 Å². The zero-order valence-electron chi connectivity index (χ0n) is 33.8. The number of ketones is 4. The number of rotatable bonds is 9. The molecule has 62 heavy (non-hydrogen) atoms. The largest absolute Gasteiger partial charge is 0.507 e. The number of Topliss-reactive ketones (excluding diaryl/α,β-unsaturated/α-hetero) is 4. The minimum absolute atomic E-state index is 0.287. The van der Waals surface area contributed by atoms with Crippen LogP contribution in [0.2, 0.25) is 0 Å². The molecule has 5 aliphatic rings. The predicted molar refractivity (Wildman–Crippen MR) is 205 cm³/mol. The summed E-state index contributed by atoms with van der Waals surface area (Å²) in [6.07, 6.45) is -18.5. The molecule has 2 aliphatic carbocycles. The Bertz CT molecular complexity index is 2250. The molecule has 0 radical (unpaired) electrons. The lowest BCUT2D eigenvalue weighted by Crippen LogP contribution is -2.79. The molecule has 13 unspecified atom stereocenters. The maximum atomic E-state index is 15.7. The summed E-state index contributed by atoms with van der Waals surface area (Å²) in [5, 5.41) is 68.9. The van der Waals surface area contributed by atoms with Crippen LogP contribution in [-0.2, 0) is 42.8 Å². The van der Waals surface area contributed by atoms with Gasteiger partial charge in [-0.3, -0.25) is 28.8 Å². The van der Waals surface area contributed by atoms with Gasteiger partial charge in [-0.1, -0.05) is 24.3 Å². The average molecular weight is 889 g/mol. The second-order valence-corrected chi connectivity index (χ2v) is 17.4. The second-order valence-electron chi connectivity index (χ2n) is 15.8. The molecular weight excluding hydrogens is 844 g/mol. The summed E-state index contributed by atoms with van der Waals surface area (Å²) >= 11 is 0.287. The summed E-state index contributed by atoms with van der Waals surface area (Å²) in [6, 6.07) is 7.14. The molecule has 13 atom stereocenters. The molecule has 0 bridgehead atoms. The molecule has 3 fully saturated rings. The molecule has 0 aromatic heterocycles. The van der Waals surface area contributed by atoms with Crippen LogP contribution in [0.4, 0.5) is 0 Å². The molecule has 334 valence electrons. The highest BCUT2D eigenvalue weighted by Gasteiger charge is 2.78. The number of phenolic OH excluding ortho intramolecular Hbond substituents is 1. The first kappa shape index (κ1) is 45.2. The number of carbonyl (C=O) groups excluding carboxylic acids is 7.